The minimum atomic E-state index is 0.150. The highest BCUT2D eigenvalue weighted by atomic mass is 16.5. The van der Waals surface area contributed by atoms with Crippen LogP contribution in [-0.4, -0.2) is 87.3 Å². The zero-order valence-corrected chi connectivity index (χ0v) is 18.5. The number of carbonyl (C=O) groups excluding carboxylic acids is 2. The second-order valence-corrected chi connectivity index (χ2v) is 8.39. The lowest BCUT2D eigenvalue weighted by Crippen LogP contribution is -2.41. The molecule has 2 rings (SSSR count). The molecule has 2 amide bonds. The first kappa shape index (κ1) is 24.1. The zero-order chi connectivity index (χ0) is 20.9. The molecule has 0 aromatic carbocycles. The molecule has 0 unspecified atom stereocenters. The standard InChI is InChI=1S/C22H41N3O4/c1-3-24-11-8-20(9-12-24)22(27)23-10-16-29-18-17-28-15-4-5-21(26)25-13-6-19(2)7-14-25/h19-20H,3-18H2,1-2H3,(H,23,27). The predicted octanol–water partition coefficient (Wildman–Crippen LogP) is 1.91. The maximum absolute atomic E-state index is 12.1. The molecule has 0 saturated carbocycles. The molecule has 0 atom stereocenters. The number of nitrogens with one attached hydrogen (secondary N) is 1. The summed E-state index contributed by atoms with van der Waals surface area (Å²) in [5, 5.41) is 2.98. The summed E-state index contributed by atoms with van der Waals surface area (Å²) in [4.78, 5) is 28.6. The van der Waals surface area contributed by atoms with Crippen LogP contribution >= 0.6 is 0 Å². The van der Waals surface area contributed by atoms with Gasteiger partial charge in [0, 0.05) is 38.6 Å². The molecular formula is C22H41N3O4. The average Bonchev–Trinajstić information content (AvgIpc) is 2.75. The van der Waals surface area contributed by atoms with Gasteiger partial charge in [0.15, 0.2) is 0 Å². The number of hydrogen-bond donors (Lipinski definition) is 1. The third-order valence-electron chi connectivity index (χ3n) is 6.14. The molecule has 0 aromatic heterocycles. The normalized spacial score (nSPS) is 19.4. The molecule has 0 spiro atoms. The van der Waals surface area contributed by atoms with Crippen LogP contribution in [0.3, 0.4) is 0 Å². The molecule has 2 fully saturated rings. The molecule has 168 valence electrons. The van der Waals surface area contributed by atoms with E-state index in [1.165, 1.54) is 0 Å². The van der Waals surface area contributed by atoms with Crippen LogP contribution in [0, 0.1) is 11.8 Å². The fourth-order valence-corrected chi connectivity index (χ4v) is 3.97. The van der Waals surface area contributed by atoms with Gasteiger partial charge in [-0.15, -0.1) is 0 Å². The molecule has 0 radical (unpaired) electrons. The van der Waals surface area contributed by atoms with Gasteiger partial charge in [-0.1, -0.05) is 13.8 Å². The van der Waals surface area contributed by atoms with Gasteiger partial charge < -0.3 is 24.6 Å². The summed E-state index contributed by atoms with van der Waals surface area (Å²) in [6, 6.07) is 0. The minimum absolute atomic E-state index is 0.150. The SMILES string of the molecule is CCN1CCC(C(=O)NCCOCCOCCCC(=O)N2CCC(C)CC2)CC1. The summed E-state index contributed by atoms with van der Waals surface area (Å²) in [6.45, 7) is 12.0. The largest absolute Gasteiger partial charge is 0.379 e. The van der Waals surface area contributed by atoms with Crippen LogP contribution in [0.5, 0.6) is 0 Å². The van der Waals surface area contributed by atoms with E-state index in [9.17, 15) is 9.59 Å². The van der Waals surface area contributed by atoms with Crippen LogP contribution in [-0.2, 0) is 19.1 Å². The third kappa shape index (κ3) is 9.45. The number of carbonyl (C=O) groups is 2. The summed E-state index contributed by atoms with van der Waals surface area (Å²) in [7, 11) is 0. The summed E-state index contributed by atoms with van der Waals surface area (Å²) < 4.78 is 11.1. The van der Waals surface area contributed by atoms with Gasteiger partial charge >= 0.3 is 0 Å². The summed E-state index contributed by atoms with van der Waals surface area (Å²) in [6.07, 6.45) is 5.48. The van der Waals surface area contributed by atoms with E-state index in [1.54, 1.807) is 0 Å². The Labute approximate surface area is 176 Å². The Kier molecular flexibility index (Phi) is 11.6. The van der Waals surface area contributed by atoms with Crippen molar-refractivity contribution >= 4 is 11.8 Å². The maximum Gasteiger partial charge on any atom is 0.223 e. The maximum atomic E-state index is 12.1. The van der Waals surface area contributed by atoms with E-state index in [-0.39, 0.29) is 17.7 Å². The van der Waals surface area contributed by atoms with E-state index >= 15 is 0 Å². The van der Waals surface area contributed by atoms with Gasteiger partial charge in [-0.25, -0.2) is 0 Å². The first-order valence-electron chi connectivity index (χ1n) is 11.5. The van der Waals surface area contributed by atoms with Crippen molar-refractivity contribution in [3.63, 3.8) is 0 Å². The number of nitrogens with zero attached hydrogens (tertiary/aromatic N) is 2. The summed E-state index contributed by atoms with van der Waals surface area (Å²) >= 11 is 0. The molecule has 1 N–H and O–H groups in total. The van der Waals surface area contributed by atoms with E-state index in [1.807, 2.05) is 4.90 Å². The Morgan fingerprint density at radius 2 is 1.59 bits per heavy atom. The topological polar surface area (TPSA) is 71.1 Å². The average molecular weight is 412 g/mol. The Morgan fingerprint density at radius 1 is 0.931 bits per heavy atom. The highest BCUT2D eigenvalue weighted by Gasteiger charge is 2.23. The lowest BCUT2D eigenvalue weighted by molar-refractivity contribution is -0.133. The van der Waals surface area contributed by atoms with Gasteiger partial charge in [-0.05, 0) is 57.7 Å². The molecule has 7 nitrogen and oxygen atoms in total. The highest BCUT2D eigenvalue weighted by molar-refractivity contribution is 5.78. The van der Waals surface area contributed by atoms with Gasteiger partial charge in [-0.3, -0.25) is 9.59 Å². The van der Waals surface area contributed by atoms with Crippen LogP contribution in [0.1, 0.15) is 52.4 Å². The molecule has 0 bridgehead atoms. The number of hydrogen-bond acceptors (Lipinski definition) is 5. The fraction of sp³-hybridized carbons (Fsp3) is 0.909. The molecule has 2 saturated heterocycles. The quantitative estimate of drug-likeness (QED) is 0.497. The number of likely N-dealkylation sites (tertiary alicyclic amines) is 2. The number of rotatable bonds is 12. The van der Waals surface area contributed by atoms with E-state index in [2.05, 4.69) is 24.1 Å². The van der Waals surface area contributed by atoms with Crippen LogP contribution in [0.2, 0.25) is 0 Å². The molecule has 29 heavy (non-hydrogen) atoms. The van der Waals surface area contributed by atoms with Gasteiger partial charge in [0.25, 0.3) is 0 Å². The molecule has 2 aliphatic heterocycles. The van der Waals surface area contributed by atoms with Crippen molar-refractivity contribution in [2.75, 3.05) is 65.7 Å². The summed E-state index contributed by atoms with van der Waals surface area (Å²) in [5.41, 5.74) is 0. The van der Waals surface area contributed by atoms with Crippen molar-refractivity contribution in [2.45, 2.75) is 52.4 Å². The van der Waals surface area contributed by atoms with Crippen molar-refractivity contribution in [3.05, 3.63) is 0 Å². The number of piperidine rings is 2. The predicted molar refractivity (Wildman–Crippen MR) is 114 cm³/mol. The minimum Gasteiger partial charge on any atom is -0.379 e. The molecule has 2 heterocycles. The third-order valence-corrected chi connectivity index (χ3v) is 6.14. The molecule has 0 aromatic rings. The Bertz CT molecular complexity index is 473. The molecule has 0 aliphatic carbocycles. The van der Waals surface area contributed by atoms with E-state index in [0.717, 1.165) is 70.7 Å². The number of ether oxygens (including phenoxy) is 2. The van der Waals surface area contributed by atoms with Crippen LogP contribution in [0.25, 0.3) is 0 Å². The lowest BCUT2D eigenvalue weighted by atomic mass is 9.96. The zero-order valence-electron chi connectivity index (χ0n) is 18.5. The Hall–Kier alpha value is -1.18. The van der Waals surface area contributed by atoms with Crippen molar-refractivity contribution in [1.82, 2.24) is 15.1 Å². The lowest BCUT2D eigenvalue weighted by Gasteiger charge is -2.30. The first-order chi connectivity index (χ1) is 14.1. The van der Waals surface area contributed by atoms with Crippen LogP contribution in [0.15, 0.2) is 0 Å². The smallest absolute Gasteiger partial charge is 0.223 e. The van der Waals surface area contributed by atoms with Crippen LogP contribution in [0.4, 0.5) is 0 Å². The fourth-order valence-electron chi connectivity index (χ4n) is 3.97. The van der Waals surface area contributed by atoms with Gasteiger partial charge in [0.1, 0.15) is 0 Å². The molecule has 2 aliphatic rings. The Balaban J connectivity index is 1.36. The Morgan fingerprint density at radius 3 is 2.24 bits per heavy atom. The van der Waals surface area contributed by atoms with Gasteiger partial charge in [-0.2, -0.15) is 0 Å². The van der Waals surface area contributed by atoms with Gasteiger partial charge in [0.2, 0.25) is 11.8 Å². The second kappa shape index (κ2) is 13.9. The highest BCUT2D eigenvalue weighted by Crippen LogP contribution is 2.17. The summed E-state index contributed by atoms with van der Waals surface area (Å²) in [5.74, 6) is 1.31. The first-order valence-corrected chi connectivity index (χ1v) is 11.5. The van der Waals surface area contributed by atoms with E-state index in [4.69, 9.17) is 9.47 Å². The van der Waals surface area contributed by atoms with Crippen molar-refractivity contribution in [2.24, 2.45) is 11.8 Å². The molecule has 7 heteroatoms. The van der Waals surface area contributed by atoms with Crippen molar-refractivity contribution in [3.8, 4) is 0 Å². The molecular weight excluding hydrogens is 370 g/mol. The number of amides is 2. The van der Waals surface area contributed by atoms with E-state index < -0.39 is 0 Å². The van der Waals surface area contributed by atoms with Crippen molar-refractivity contribution < 1.29 is 19.1 Å². The van der Waals surface area contributed by atoms with Crippen molar-refractivity contribution in [1.29, 1.82) is 0 Å². The van der Waals surface area contributed by atoms with Gasteiger partial charge in [0.05, 0.1) is 19.8 Å². The monoisotopic (exact) mass is 411 g/mol. The van der Waals surface area contributed by atoms with E-state index in [0.29, 0.717) is 39.4 Å². The van der Waals surface area contributed by atoms with Crippen LogP contribution < -0.4 is 5.32 Å². The second-order valence-electron chi connectivity index (χ2n) is 8.39.